The standard InChI is InChI=1S/C3H2F2O2.C3H4O2.FH/c4-2(5)1-3(6)7;1-2-3(4)5;/h1H,(H,6,7);2H,1H2,(H,4,5);1H. The molecule has 0 bridgehead atoms. The van der Waals surface area contributed by atoms with Crippen LogP contribution in [0.1, 0.15) is 0 Å². The van der Waals surface area contributed by atoms with E-state index in [1.54, 1.807) is 0 Å². The zero-order valence-corrected chi connectivity index (χ0v) is 6.24. The summed E-state index contributed by atoms with van der Waals surface area (Å²) in [5.74, 6) is -2.61. The minimum Gasteiger partial charge on any atom is -0.478 e. The molecule has 0 aromatic rings. The van der Waals surface area contributed by atoms with Gasteiger partial charge in [0.2, 0.25) is 0 Å². The summed E-state index contributed by atoms with van der Waals surface area (Å²) in [6.45, 7) is 2.96. The number of carboxylic acid groups (broad SMARTS) is 2. The van der Waals surface area contributed by atoms with Gasteiger partial charge < -0.3 is 10.2 Å². The molecule has 0 aliphatic rings. The van der Waals surface area contributed by atoms with E-state index in [1.807, 2.05) is 0 Å². The molecule has 7 heteroatoms. The quantitative estimate of drug-likeness (QED) is 0.658. The van der Waals surface area contributed by atoms with Crippen LogP contribution in [0.3, 0.4) is 0 Å². The first-order valence-electron chi connectivity index (χ1n) is 2.51. The minimum absolute atomic E-state index is 0. The van der Waals surface area contributed by atoms with Crippen LogP contribution >= 0.6 is 0 Å². The van der Waals surface area contributed by atoms with Gasteiger partial charge in [0.05, 0.1) is 6.08 Å². The van der Waals surface area contributed by atoms with Crippen LogP contribution < -0.4 is 0 Å². The number of hydrogen-bond acceptors (Lipinski definition) is 2. The van der Waals surface area contributed by atoms with Crippen molar-refractivity contribution in [2.24, 2.45) is 0 Å². The lowest BCUT2D eigenvalue weighted by atomic mass is 10.6. The largest absolute Gasteiger partial charge is 0.478 e. The third kappa shape index (κ3) is 38.8. The van der Waals surface area contributed by atoms with E-state index >= 15 is 0 Å². The molecule has 0 aliphatic carbocycles. The van der Waals surface area contributed by atoms with Crippen molar-refractivity contribution in [2.75, 3.05) is 0 Å². The van der Waals surface area contributed by atoms with Crippen LogP contribution in [0.2, 0.25) is 0 Å². The Hall–Kier alpha value is -1.79. The Labute approximate surface area is 71.2 Å². The fourth-order valence-electron chi connectivity index (χ4n) is 0.0933. The Morgan fingerprint density at radius 3 is 1.46 bits per heavy atom. The molecule has 0 rings (SSSR count). The molecule has 0 aromatic heterocycles. The molecule has 2 N–H and O–H groups in total. The highest BCUT2D eigenvalue weighted by atomic mass is 19.3. The van der Waals surface area contributed by atoms with E-state index in [1.165, 1.54) is 0 Å². The van der Waals surface area contributed by atoms with Crippen molar-refractivity contribution in [3.63, 3.8) is 0 Å². The summed E-state index contributed by atoms with van der Waals surface area (Å²) < 4.78 is 21.5. The predicted octanol–water partition coefficient (Wildman–Crippen LogP) is 1.26. The minimum atomic E-state index is -2.19. The Morgan fingerprint density at radius 2 is 1.46 bits per heavy atom. The Bertz CT molecular complexity index is 208. The molecule has 76 valence electrons. The fraction of sp³-hybridized carbons (Fsp3) is 0. The zero-order chi connectivity index (χ0) is 10.1. The van der Waals surface area contributed by atoms with Gasteiger partial charge in [0.25, 0.3) is 6.08 Å². The summed E-state index contributed by atoms with van der Waals surface area (Å²) >= 11 is 0. The Morgan fingerprint density at radius 1 is 1.15 bits per heavy atom. The van der Waals surface area contributed by atoms with Gasteiger partial charge in [-0.15, -0.1) is 0 Å². The van der Waals surface area contributed by atoms with E-state index < -0.39 is 18.0 Å². The average molecular weight is 200 g/mol. The molecule has 0 radical (unpaired) electrons. The lowest BCUT2D eigenvalue weighted by Crippen LogP contribution is -1.85. The van der Waals surface area contributed by atoms with Crippen molar-refractivity contribution in [3.05, 3.63) is 24.8 Å². The van der Waals surface area contributed by atoms with Gasteiger partial charge in [0, 0.05) is 6.08 Å². The first kappa shape index (κ1) is 17.3. The third-order valence-electron chi connectivity index (χ3n) is 0.407. The molecule has 4 nitrogen and oxygen atoms in total. The first-order valence-corrected chi connectivity index (χ1v) is 2.51. The van der Waals surface area contributed by atoms with Gasteiger partial charge in [0.15, 0.2) is 0 Å². The molecule has 0 saturated heterocycles. The molecular formula is C6H7F3O4. The molecule has 13 heavy (non-hydrogen) atoms. The van der Waals surface area contributed by atoms with Crippen molar-refractivity contribution in [3.8, 4) is 0 Å². The molecule has 0 unspecified atom stereocenters. The van der Waals surface area contributed by atoms with Crippen LogP contribution in [-0.4, -0.2) is 22.2 Å². The van der Waals surface area contributed by atoms with Gasteiger partial charge in [-0.1, -0.05) is 6.58 Å². The zero-order valence-electron chi connectivity index (χ0n) is 6.24. The molecule has 0 aromatic carbocycles. The third-order valence-corrected chi connectivity index (χ3v) is 0.407. The molecule has 0 heterocycles. The maximum atomic E-state index is 10.8. The highest BCUT2D eigenvalue weighted by Gasteiger charge is 1.91. The van der Waals surface area contributed by atoms with Gasteiger partial charge in [0.1, 0.15) is 0 Å². The second kappa shape index (κ2) is 10.2. The molecule has 0 amide bonds. The number of halogens is 3. The average Bonchev–Trinajstić information content (AvgIpc) is 1.85. The predicted molar refractivity (Wildman–Crippen MR) is 38.3 cm³/mol. The van der Waals surface area contributed by atoms with Crippen molar-refractivity contribution < 1.29 is 33.3 Å². The fourth-order valence-corrected chi connectivity index (χ4v) is 0.0933. The second-order valence-electron chi connectivity index (χ2n) is 1.31. The molecule has 0 spiro atoms. The highest BCUT2D eigenvalue weighted by Crippen LogP contribution is 1.93. The monoisotopic (exact) mass is 200 g/mol. The van der Waals surface area contributed by atoms with Crippen LogP contribution in [-0.2, 0) is 9.59 Å². The van der Waals surface area contributed by atoms with Crippen LogP contribution in [0.4, 0.5) is 13.5 Å². The lowest BCUT2D eigenvalue weighted by Gasteiger charge is -1.72. The number of carboxylic acids is 2. The van der Waals surface area contributed by atoms with Crippen molar-refractivity contribution in [2.45, 2.75) is 0 Å². The lowest BCUT2D eigenvalue weighted by molar-refractivity contribution is -0.132. The van der Waals surface area contributed by atoms with Gasteiger partial charge in [-0.25, -0.2) is 9.59 Å². The highest BCUT2D eigenvalue weighted by molar-refractivity contribution is 5.79. The summed E-state index contributed by atoms with van der Waals surface area (Å²) in [5.41, 5.74) is 0. The van der Waals surface area contributed by atoms with Gasteiger partial charge in [-0.2, -0.15) is 8.78 Å². The van der Waals surface area contributed by atoms with E-state index in [2.05, 4.69) is 6.58 Å². The smallest absolute Gasteiger partial charge is 0.333 e. The summed E-state index contributed by atoms with van der Waals surface area (Å²) in [5, 5.41) is 15.1. The molecule has 0 saturated carbocycles. The van der Waals surface area contributed by atoms with E-state index in [9.17, 15) is 18.4 Å². The van der Waals surface area contributed by atoms with Crippen LogP contribution in [0.25, 0.3) is 0 Å². The summed E-state index contributed by atoms with van der Waals surface area (Å²) in [6.07, 6.45) is -1.52. The number of carbonyl (C=O) groups is 2. The molecular weight excluding hydrogens is 193 g/mol. The van der Waals surface area contributed by atoms with Crippen molar-refractivity contribution in [1.29, 1.82) is 0 Å². The SMILES string of the molecule is C=CC(=O)O.F.O=C(O)C=C(F)F. The maximum Gasteiger partial charge on any atom is 0.333 e. The van der Waals surface area contributed by atoms with Crippen molar-refractivity contribution >= 4 is 11.9 Å². The normalized spacial score (nSPS) is 6.62. The summed E-state index contributed by atoms with van der Waals surface area (Å²) in [4.78, 5) is 18.5. The van der Waals surface area contributed by atoms with E-state index in [0.717, 1.165) is 6.08 Å². The number of rotatable bonds is 2. The second-order valence-corrected chi connectivity index (χ2v) is 1.31. The van der Waals surface area contributed by atoms with Gasteiger partial charge >= 0.3 is 11.9 Å². The number of aliphatic carboxylic acids is 2. The topological polar surface area (TPSA) is 74.6 Å². The Kier molecular flexibility index (Phi) is 13.6. The van der Waals surface area contributed by atoms with Crippen LogP contribution in [0.5, 0.6) is 0 Å². The van der Waals surface area contributed by atoms with E-state index in [-0.39, 0.29) is 10.8 Å². The van der Waals surface area contributed by atoms with E-state index in [4.69, 9.17) is 10.2 Å². The van der Waals surface area contributed by atoms with Gasteiger partial charge in [-0.05, 0) is 0 Å². The van der Waals surface area contributed by atoms with Crippen LogP contribution in [0, 0.1) is 0 Å². The van der Waals surface area contributed by atoms with E-state index in [0.29, 0.717) is 0 Å². The molecule has 0 fully saturated rings. The Balaban J connectivity index is -0.000000150. The van der Waals surface area contributed by atoms with Crippen LogP contribution in [0.15, 0.2) is 24.8 Å². The summed E-state index contributed by atoms with van der Waals surface area (Å²) in [7, 11) is 0. The van der Waals surface area contributed by atoms with Crippen molar-refractivity contribution in [1.82, 2.24) is 0 Å². The van der Waals surface area contributed by atoms with Gasteiger partial charge in [-0.3, -0.25) is 4.70 Å². The molecule has 0 aliphatic heterocycles. The maximum absolute atomic E-state index is 10.8. The molecule has 0 atom stereocenters. The number of hydrogen-bond donors (Lipinski definition) is 2. The first-order chi connectivity index (χ1) is 5.40. The summed E-state index contributed by atoms with van der Waals surface area (Å²) in [6, 6.07) is 0.